The summed E-state index contributed by atoms with van der Waals surface area (Å²) in [4.78, 5) is 25.2. The van der Waals surface area contributed by atoms with Gasteiger partial charge in [-0.15, -0.1) is 0 Å². The van der Waals surface area contributed by atoms with Crippen molar-refractivity contribution in [1.29, 1.82) is 0 Å². The Morgan fingerprint density at radius 3 is 2.65 bits per heavy atom. The van der Waals surface area contributed by atoms with E-state index in [4.69, 9.17) is 4.74 Å². The topological polar surface area (TPSA) is 87.7 Å². The maximum atomic E-state index is 13.8. The Kier molecular flexibility index (Phi) is 5.90. The lowest BCUT2D eigenvalue weighted by molar-refractivity contribution is -0.173. The maximum absolute atomic E-state index is 13.8. The number of rotatable bonds is 8. The molecule has 4 bridgehead atoms. The lowest BCUT2D eigenvalue weighted by Gasteiger charge is -2.62. The minimum absolute atomic E-state index is 0.00157. The molecule has 1 aromatic carbocycles. The Morgan fingerprint density at radius 2 is 2.03 bits per heavy atom. The number of aliphatic hydroxyl groups is 1. The molecular weight excluding hydrogens is 435 g/mol. The molecular formula is C27H37FN2O4. The summed E-state index contributed by atoms with van der Waals surface area (Å²) >= 11 is 0. The third-order valence-corrected chi connectivity index (χ3v) is 9.20. The van der Waals surface area contributed by atoms with E-state index < -0.39 is 17.0 Å². The second-order valence-electron chi connectivity index (χ2n) is 11.8. The summed E-state index contributed by atoms with van der Waals surface area (Å²) in [6.45, 7) is 2.10. The van der Waals surface area contributed by atoms with Gasteiger partial charge in [-0.3, -0.25) is 9.59 Å². The largest absolute Gasteiger partial charge is 0.494 e. The average Bonchev–Trinajstić information content (AvgIpc) is 3.12. The molecule has 7 heteroatoms. The standard InChI is InChI=1S/C27H37FN2O4/c1-17(25-11-19-9-20(12-25)15-27(33,14-19)16-25)29-23(31)5-7-26(8-6-24(32)30-26)13-18-3-4-21(28)22(10-18)34-2/h3-4,10,17,19-20,33H,5-9,11-16H2,1-2H3,(H,29,31)(H,30,32)/t17-,19-,20+,25?,26+,27?/m0/s1. The number of ether oxygens (including phenoxy) is 1. The smallest absolute Gasteiger partial charge is 0.220 e. The zero-order valence-electron chi connectivity index (χ0n) is 20.3. The van der Waals surface area contributed by atoms with Crippen molar-refractivity contribution in [2.75, 3.05) is 7.11 Å². The third-order valence-electron chi connectivity index (χ3n) is 9.20. The monoisotopic (exact) mass is 472 g/mol. The van der Waals surface area contributed by atoms with Gasteiger partial charge in [0.2, 0.25) is 11.8 Å². The Balaban J connectivity index is 1.23. The predicted molar refractivity (Wildman–Crippen MR) is 126 cm³/mol. The zero-order valence-corrected chi connectivity index (χ0v) is 20.3. The molecule has 6 rings (SSSR count). The van der Waals surface area contributed by atoms with Crippen molar-refractivity contribution in [2.24, 2.45) is 17.3 Å². The zero-order chi connectivity index (χ0) is 24.1. The molecule has 3 N–H and O–H groups in total. The fourth-order valence-corrected chi connectivity index (χ4v) is 8.00. The number of nitrogens with one attached hydrogen (secondary N) is 2. The fourth-order valence-electron chi connectivity index (χ4n) is 8.00. The molecule has 1 heterocycles. The highest BCUT2D eigenvalue weighted by molar-refractivity contribution is 5.80. The van der Waals surface area contributed by atoms with Crippen LogP contribution in [0.25, 0.3) is 0 Å². The van der Waals surface area contributed by atoms with E-state index in [1.54, 1.807) is 12.1 Å². The van der Waals surface area contributed by atoms with Crippen molar-refractivity contribution < 1.29 is 23.8 Å². The molecule has 186 valence electrons. The maximum Gasteiger partial charge on any atom is 0.220 e. The van der Waals surface area contributed by atoms with E-state index in [2.05, 4.69) is 17.6 Å². The van der Waals surface area contributed by atoms with E-state index in [0.717, 1.165) is 37.7 Å². The van der Waals surface area contributed by atoms with E-state index >= 15 is 0 Å². The van der Waals surface area contributed by atoms with Crippen LogP contribution >= 0.6 is 0 Å². The highest BCUT2D eigenvalue weighted by Gasteiger charge is 2.59. The normalized spacial score (nSPS) is 36.9. The minimum Gasteiger partial charge on any atom is -0.494 e. The lowest BCUT2D eigenvalue weighted by Crippen LogP contribution is -2.61. The van der Waals surface area contributed by atoms with Gasteiger partial charge in [-0.05, 0) is 99.7 Å². The van der Waals surface area contributed by atoms with Gasteiger partial charge in [-0.25, -0.2) is 4.39 Å². The van der Waals surface area contributed by atoms with Crippen molar-refractivity contribution in [3.05, 3.63) is 29.6 Å². The molecule has 1 aromatic rings. The van der Waals surface area contributed by atoms with E-state index in [-0.39, 0.29) is 29.0 Å². The second kappa shape index (κ2) is 8.51. The summed E-state index contributed by atoms with van der Waals surface area (Å²) in [5.41, 5.74) is -0.192. The van der Waals surface area contributed by atoms with Gasteiger partial charge in [0.15, 0.2) is 11.6 Å². The summed E-state index contributed by atoms with van der Waals surface area (Å²) in [7, 11) is 1.43. The Bertz CT molecular complexity index is 967. The molecule has 1 saturated heterocycles. The summed E-state index contributed by atoms with van der Waals surface area (Å²) in [6, 6.07) is 4.78. The highest BCUT2D eigenvalue weighted by Crippen LogP contribution is 2.62. The Hall–Kier alpha value is -2.15. The van der Waals surface area contributed by atoms with Crippen LogP contribution in [-0.4, -0.2) is 41.2 Å². The molecule has 2 unspecified atom stereocenters. The molecule has 5 fully saturated rings. The van der Waals surface area contributed by atoms with Gasteiger partial charge in [0.1, 0.15) is 0 Å². The van der Waals surface area contributed by atoms with Crippen LogP contribution in [0.1, 0.15) is 76.7 Å². The van der Waals surface area contributed by atoms with Crippen LogP contribution in [0.5, 0.6) is 5.75 Å². The number of methoxy groups -OCH3 is 1. The van der Waals surface area contributed by atoms with E-state index in [9.17, 15) is 19.1 Å². The first-order valence-corrected chi connectivity index (χ1v) is 12.8. The Labute approximate surface area is 201 Å². The molecule has 4 saturated carbocycles. The van der Waals surface area contributed by atoms with Crippen LogP contribution in [-0.2, 0) is 16.0 Å². The van der Waals surface area contributed by atoms with Gasteiger partial charge in [0.25, 0.3) is 0 Å². The number of carbonyl (C=O) groups excluding carboxylic acids is 2. The Morgan fingerprint density at radius 1 is 1.29 bits per heavy atom. The first kappa shape index (κ1) is 23.6. The van der Waals surface area contributed by atoms with Crippen LogP contribution in [0, 0.1) is 23.1 Å². The van der Waals surface area contributed by atoms with Gasteiger partial charge >= 0.3 is 0 Å². The predicted octanol–water partition coefficient (Wildman–Crippen LogP) is 3.64. The first-order valence-electron chi connectivity index (χ1n) is 12.8. The van der Waals surface area contributed by atoms with Crippen molar-refractivity contribution in [3.63, 3.8) is 0 Å². The molecule has 1 aliphatic heterocycles. The lowest BCUT2D eigenvalue weighted by atomic mass is 9.46. The quantitative estimate of drug-likeness (QED) is 0.539. The van der Waals surface area contributed by atoms with Gasteiger partial charge in [-0.1, -0.05) is 6.07 Å². The number of carbonyl (C=O) groups is 2. The second-order valence-corrected chi connectivity index (χ2v) is 11.8. The van der Waals surface area contributed by atoms with E-state index in [1.807, 2.05) is 0 Å². The van der Waals surface area contributed by atoms with E-state index in [0.29, 0.717) is 43.9 Å². The molecule has 0 spiro atoms. The molecule has 6 atom stereocenters. The third kappa shape index (κ3) is 4.43. The number of benzene rings is 1. The van der Waals surface area contributed by atoms with Crippen LogP contribution in [0.2, 0.25) is 0 Å². The molecule has 5 aliphatic rings. The fraction of sp³-hybridized carbons (Fsp3) is 0.704. The summed E-state index contributed by atoms with van der Waals surface area (Å²) in [5, 5.41) is 17.4. The van der Waals surface area contributed by atoms with Crippen LogP contribution < -0.4 is 15.4 Å². The molecule has 0 radical (unpaired) electrons. The number of halogens is 1. The highest BCUT2D eigenvalue weighted by atomic mass is 19.1. The average molecular weight is 473 g/mol. The van der Waals surface area contributed by atoms with Crippen molar-refractivity contribution in [3.8, 4) is 5.75 Å². The minimum atomic E-state index is -0.544. The van der Waals surface area contributed by atoms with E-state index in [1.165, 1.54) is 19.6 Å². The number of hydrogen-bond acceptors (Lipinski definition) is 4. The van der Waals surface area contributed by atoms with Gasteiger partial charge in [-0.2, -0.15) is 0 Å². The number of amides is 2. The summed E-state index contributed by atoms with van der Waals surface area (Å²) in [6.07, 6.45) is 8.50. The molecule has 6 nitrogen and oxygen atoms in total. The molecule has 0 aromatic heterocycles. The number of hydrogen-bond donors (Lipinski definition) is 3. The van der Waals surface area contributed by atoms with Gasteiger partial charge < -0.3 is 20.5 Å². The molecule has 34 heavy (non-hydrogen) atoms. The van der Waals surface area contributed by atoms with Crippen molar-refractivity contribution in [1.82, 2.24) is 10.6 Å². The van der Waals surface area contributed by atoms with Gasteiger partial charge in [0.05, 0.1) is 12.7 Å². The van der Waals surface area contributed by atoms with Crippen molar-refractivity contribution >= 4 is 11.8 Å². The van der Waals surface area contributed by atoms with Crippen LogP contribution in [0.3, 0.4) is 0 Å². The molecule has 4 aliphatic carbocycles. The summed E-state index contributed by atoms with van der Waals surface area (Å²) < 4.78 is 19.0. The SMILES string of the molecule is COc1cc(C[C@@]2(CCC(=O)N[C@@H](C)C34C[C@@H]5C[C@@H](CC(O)(C5)C3)C4)CCC(=O)N2)ccc1F. The first-order chi connectivity index (χ1) is 16.1. The molecule has 2 amide bonds. The summed E-state index contributed by atoms with van der Waals surface area (Å²) in [5.74, 6) is 0.905. The van der Waals surface area contributed by atoms with Crippen molar-refractivity contribution in [2.45, 2.75) is 94.7 Å². The van der Waals surface area contributed by atoms with Gasteiger partial charge in [0, 0.05) is 24.4 Å². The van der Waals surface area contributed by atoms with Crippen LogP contribution in [0.4, 0.5) is 4.39 Å². The van der Waals surface area contributed by atoms with Crippen LogP contribution in [0.15, 0.2) is 18.2 Å².